The zero-order valence-electron chi connectivity index (χ0n) is 14.7. The predicted octanol–water partition coefficient (Wildman–Crippen LogP) is 5.17. The van der Waals surface area contributed by atoms with E-state index in [2.05, 4.69) is 16.0 Å². The Labute approximate surface area is 162 Å². The van der Waals surface area contributed by atoms with E-state index in [0.29, 0.717) is 19.6 Å². The fraction of sp³-hybridized carbons (Fsp3) is 0.136. The van der Waals surface area contributed by atoms with Crippen LogP contribution >= 0.6 is 11.6 Å². The average Bonchev–Trinajstić information content (AvgIpc) is 3.03. The molecule has 0 aliphatic heterocycles. The molecule has 3 nitrogen and oxygen atoms in total. The first-order chi connectivity index (χ1) is 13.2. The molecule has 0 saturated heterocycles. The maximum Gasteiger partial charge on any atom is 0.124 e. The van der Waals surface area contributed by atoms with Crippen LogP contribution in [0.15, 0.2) is 72.8 Å². The summed E-state index contributed by atoms with van der Waals surface area (Å²) in [5.74, 6) is 0.712. The number of nitrogens with one attached hydrogen (secondary N) is 1. The molecular weight excluding hydrogens is 361 g/mol. The number of halogens is 2. The Bertz CT molecular complexity index is 1060. The van der Waals surface area contributed by atoms with E-state index in [9.17, 15) is 4.39 Å². The van der Waals surface area contributed by atoms with Crippen molar-refractivity contribution in [1.82, 2.24) is 14.9 Å². The SMILES string of the molecule is Fc1ccc(Cn2c(CNCc3ccccc3Cl)nc3ccccc32)cc1. The van der Waals surface area contributed by atoms with Gasteiger partial charge in [0, 0.05) is 18.1 Å². The van der Waals surface area contributed by atoms with Gasteiger partial charge < -0.3 is 9.88 Å². The van der Waals surface area contributed by atoms with Crippen LogP contribution < -0.4 is 5.32 Å². The highest BCUT2D eigenvalue weighted by molar-refractivity contribution is 6.31. The summed E-state index contributed by atoms with van der Waals surface area (Å²) in [5, 5.41) is 4.18. The smallest absolute Gasteiger partial charge is 0.124 e. The molecule has 0 aliphatic rings. The number of hydrogen-bond acceptors (Lipinski definition) is 2. The maximum atomic E-state index is 13.2. The van der Waals surface area contributed by atoms with Crippen molar-refractivity contribution in [3.63, 3.8) is 0 Å². The summed E-state index contributed by atoms with van der Waals surface area (Å²) in [6, 6.07) is 22.5. The van der Waals surface area contributed by atoms with Gasteiger partial charge in [0.2, 0.25) is 0 Å². The van der Waals surface area contributed by atoms with Crippen molar-refractivity contribution in [2.24, 2.45) is 0 Å². The van der Waals surface area contributed by atoms with Gasteiger partial charge in [-0.3, -0.25) is 0 Å². The Morgan fingerprint density at radius 1 is 0.889 bits per heavy atom. The van der Waals surface area contributed by atoms with E-state index >= 15 is 0 Å². The fourth-order valence-corrected chi connectivity index (χ4v) is 3.36. The van der Waals surface area contributed by atoms with Gasteiger partial charge in [-0.15, -0.1) is 0 Å². The molecule has 5 heteroatoms. The number of fused-ring (bicyclic) bond motifs is 1. The van der Waals surface area contributed by atoms with E-state index in [0.717, 1.165) is 33.0 Å². The third kappa shape index (κ3) is 4.02. The zero-order chi connectivity index (χ0) is 18.6. The summed E-state index contributed by atoms with van der Waals surface area (Å²) >= 11 is 6.23. The highest BCUT2D eigenvalue weighted by Gasteiger charge is 2.11. The lowest BCUT2D eigenvalue weighted by Crippen LogP contribution is -2.17. The van der Waals surface area contributed by atoms with E-state index in [1.54, 1.807) is 0 Å². The lowest BCUT2D eigenvalue weighted by Gasteiger charge is -2.11. The molecule has 0 amide bonds. The summed E-state index contributed by atoms with van der Waals surface area (Å²) in [4.78, 5) is 4.77. The minimum absolute atomic E-state index is 0.226. The number of para-hydroxylation sites is 2. The molecule has 3 aromatic carbocycles. The first kappa shape index (κ1) is 17.7. The molecule has 0 saturated carbocycles. The first-order valence-corrected chi connectivity index (χ1v) is 9.21. The van der Waals surface area contributed by atoms with E-state index in [1.807, 2.05) is 54.6 Å². The third-order valence-electron chi connectivity index (χ3n) is 4.54. The van der Waals surface area contributed by atoms with Crippen molar-refractivity contribution in [3.8, 4) is 0 Å². The largest absolute Gasteiger partial charge is 0.322 e. The molecule has 0 radical (unpaired) electrons. The lowest BCUT2D eigenvalue weighted by atomic mass is 10.2. The second kappa shape index (κ2) is 7.91. The van der Waals surface area contributed by atoms with Gasteiger partial charge in [0.1, 0.15) is 11.6 Å². The van der Waals surface area contributed by atoms with Crippen molar-refractivity contribution in [2.45, 2.75) is 19.6 Å². The van der Waals surface area contributed by atoms with Crippen LogP contribution in [0.4, 0.5) is 4.39 Å². The molecule has 4 rings (SSSR count). The van der Waals surface area contributed by atoms with Crippen LogP contribution in [0.1, 0.15) is 17.0 Å². The highest BCUT2D eigenvalue weighted by atomic mass is 35.5. The zero-order valence-corrected chi connectivity index (χ0v) is 15.5. The molecule has 0 bridgehead atoms. The van der Waals surface area contributed by atoms with Gasteiger partial charge in [-0.05, 0) is 41.5 Å². The maximum absolute atomic E-state index is 13.2. The predicted molar refractivity (Wildman–Crippen MR) is 107 cm³/mol. The van der Waals surface area contributed by atoms with Crippen molar-refractivity contribution >= 4 is 22.6 Å². The van der Waals surface area contributed by atoms with Crippen molar-refractivity contribution in [3.05, 3.63) is 101 Å². The van der Waals surface area contributed by atoms with Crippen LogP contribution in [0.2, 0.25) is 5.02 Å². The number of aromatic nitrogens is 2. The van der Waals surface area contributed by atoms with Gasteiger partial charge in [0.25, 0.3) is 0 Å². The minimum Gasteiger partial charge on any atom is -0.322 e. The number of hydrogen-bond donors (Lipinski definition) is 1. The summed E-state index contributed by atoms with van der Waals surface area (Å²) < 4.78 is 15.4. The Morgan fingerprint density at radius 3 is 2.44 bits per heavy atom. The van der Waals surface area contributed by atoms with Gasteiger partial charge in [-0.1, -0.05) is 54.1 Å². The summed E-state index contributed by atoms with van der Waals surface area (Å²) in [5.41, 5.74) is 4.11. The number of benzene rings is 3. The van der Waals surface area contributed by atoms with Crippen molar-refractivity contribution < 1.29 is 4.39 Å². The second-order valence-electron chi connectivity index (χ2n) is 6.42. The van der Waals surface area contributed by atoms with Crippen molar-refractivity contribution in [2.75, 3.05) is 0 Å². The molecule has 1 aromatic heterocycles. The molecular formula is C22H19ClFN3. The van der Waals surface area contributed by atoms with E-state index in [4.69, 9.17) is 16.6 Å². The molecule has 0 fully saturated rings. The minimum atomic E-state index is -0.226. The molecule has 0 atom stereocenters. The first-order valence-electron chi connectivity index (χ1n) is 8.83. The lowest BCUT2D eigenvalue weighted by molar-refractivity contribution is 0.620. The number of imidazole rings is 1. The van der Waals surface area contributed by atoms with E-state index < -0.39 is 0 Å². The van der Waals surface area contributed by atoms with Crippen LogP contribution in [0.5, 0.6) is 0 Å². The molecule has 1 heterocycles. The molecule has 0 unspecified atom stereocenters. The number of nitrogens with zero attached hydrogens (tertiary/aromatic N) is 2. The van der Waals surface area contributed by atoms with Crippen LogP contribution in [0.3, 0.4) is 0 Å². The normalized spacial score (nSPS) is 11.2. The van der Waals surface area contributed by atoms with Gasteiger partial charge in [0.05, 0.1) is 17.6 Å². The quantitative estimate of drug-likeness (QED) is 0.501. The molecule has 4 aromatic rings. The van der Waals surface area contributed by atoms with Crippen LogP contribution in [0.25, 0.3) is 11.0 Å². The topological polar surface area (TPSA) is 29.9 Å². The molecule has 1 N–H and O–H groups in total. The average molecular weight is 380 g/mol. The molecule has 136 valence electrons. The van der Waals surface area contributed by atoms with Crippen LogP contribution in [-0.2, 0) is 19.6 Å². The monoisotopic (exact) mass is 379 g/mol. The highest BCUT2D eigenvalue weighted by Crippen LogP contribution is 2.19. The Kier molecular flexibility index (Phi) is 5.19. The van der Waals surface area contributed by atoms with E-state index in [1.165, 1.54) is 12.1 Å². The van der Waals surface area contributed by atoms with E-state index in [-0.39, 0.29) is 5.82 Å². The van der Waals surface area contributed by atoms with Crippen LogP contribution in [0, 0.1) is 5.82 Å². The van der Waals surface area contributed by atoms with Gasteiger partial charge in [-0.25, -0.2) is 9.37 Å². The number of rotatable bonds is 6. The van der Waals surface area contributed by atoms with Crippen LogP contribution in [-0.4, -0.2) is 9.55 Å². The Hall–Kier alpha value is -2.69. The van der Waals surface area contributed by atoms with Crippen molar-refractivity contribution in [1.29, 1.82) is 0 Å². The molecule has 0 aliphatic carbocycles. The molecule has 0 spiro atoms. The van der Waals surface area contributed by atoms with Gasteiger partial charge in [-0.2, -0.15) is 0 Å². The summed E-state index contributed by atoms with van der Waals surface area (Å²) in [6.45, 7) is 1.92. The Balaban J connectivity index is 1.58. The summed E-state index contributed by atoms with van der Waals surface area (Å²) in [6.07, 6.45) is 0. The second-order valence-corrected chi connectivity index (χ2v) is 6.83. The Morgan fingerprint density at radius 2 is 1.63 bits per heavy atom. The standard InChI is InChI=1S/C22H19ClFN3/c23-19-6-2-1-5-17(19)13-25-14-22-26-20-7-3-4-8-21(20)27(22)15-16-9-11-18(24)12-10-16/h1-12,25H,13-15H2. The van der Waals surface area contributed by atoms with Gasteiger partial charge in [0.15, 0.2) is 0 Å². The fourth-order valence-electron chi connectivity index (χ4n) is 3.16. The summed E-state index contributed by atoms with van der Waals surface area (Å²) in [7, 11) is 0. The van der Waals surface area contributed by atoms with Gasteiger partial charge >= 0.3 is 0 Å². The molecule has 27 heavy (non-hydrogen) atoms. The third-order valence-corrected chi connectivity index (χ3v) is 4.91.